The number of hydrogen-bond acceptors (Lipinski definition) is 3. The minimum absolute atomic E-state index is 0.0859. The summed E-state index contributed by atoms with van der Waals surface area (Å²) in [6.07, 6.45) is 1.07. The van der Waals surface area contributed by atoms with E-state index < -0.39 is 0 Å². The lowest BCUT2D eigenvalue weighted by Gasteiger charge is -2.46. The van der Waals surface area contributed by atoms with Crippen molar-refractivity contribution in [3.63, 3.8) is 0 Å². The molecular weight excluding hydrogens is 224 g/mol. The third-order valence-corrected chi connectivity index (χ3v) is 4.37. The maximum Gasteiger partial charge on any atom is 0.0645 e. The van der Waals surface area contributed by atoms with E-state index in [0.29, 0.717) is 6.04 Å². The fourth-order valence-corrected chi connectivity index (χ4v) is 3.39. The van der Waals surface area contributed by atoms with Crippen molar-refractivity contribution in [3.8, 4) is 0 Å². The molecule has 1 saturated heterocycles. The maximum absolute atomic E-state index is 6.46. The topological polar surface area (TPSA) is 38.5 Å². The molecule has 0 bridgehead atoms. The Bertz CT molecular complexity index is 444. The van der Waals surface area contributed by atoms with Crippen LogP contribution in [0.5, 0.6) is 0 Å². The van der Waals surface area contributed by atoms with Gasteiger partial charge in [-0.3, -0.25) is 4.90 Å². The van der Waals surface area contributed by atoms with E-state index in [0.717, 1.165) is 26.2 Å². The lowest BCUT2D eigenvalue weighted by molar-refractivity contribution is -0.0744. The summed E-state index contributed by atoms with van der Waals surface area (Å²) >= 11 is 0. The second-order valence-electron chi connectivity index (χ2n) is 6.05. The second-order valence-corrected chi connectivity index (χ2v) is 6.05. The van der Waals surface area contributed by atoms with Crippen LogP contribution in [-0.2, 0) is 11.2 Å². The van der Waals surface area contributed by atoms with E-state index in [9.17, 15) is 0 Å². The van der Waals surface area contributed by atoms with Crippen LogP contribution >= 0.6 is 0 Å². The molecule has 98 valence electrons. The van der Waals surface area contributed by atoms with E-state index in [2.05, 4.69) is 43.0 Å². The van der Waals surface area contributed by atoms with E-state index in [1.165, 1.54) is 11.1 Å². The zero-order valence-electron chi connectivity index (χ0n) is 11.2. The first kappa shape index (κ1) is 12.2. The van der Waals surface area contributed by atoms with Crippen molar-refractivity contribution < 1.29 is 4.74 Å². The molecule has 1 aliphatic carbocycles. The Hall–Kier alpha value is -0.900. The van der Waals surface area contributed by atoms with Gasteiger partial charge in [-0.2, -0.15) is 0 Å². The lowest BCUT2D eigenvalue weighted by Crippen LogP contribution is -2.59. The fraction of sp³-hybridized carbons (Fsp3) is 0.600. The van der Waals surface area contributed by atoms with Gasteiger partial charge in [-0.1, -0.05) is 24.3 Å². The number of hydrogen-bond donors (Lipinski definition) is 1. The van der Waals surface area contributed by atoms with Crippen LogP contribution in [0.4, 0.5) is 0 Å². The van der Waals surface area contributed by atoms with Crippen molar-refractivity contribution in [2.24, 2.45) is 5.73 Å². The summed E-state index contributed by atoms with van der Waals surface area (Å²) in [6, 6.07) is 9.14. The highest BCUT2D eigenvalue weighted by Crippen LogP contribution is 2.36. The Morgan fingerprint density at radius 1 is 1.33 bits per heavy atom. The molecule has 1 aliphatic heterocycles. The van der Waals surface area contributed by atoms with Gasteiger partial charge in [-0.25, -0.2) is 0 Å². The Morgan fingerprint density at radius 3 is 2.83 bits per heavy atom. The first-order valence-electron chi connectivity index (χ1n) is 6.77. The number of morpholine rings is 1. The van der Waals surface area contributed by atoms with Gasteiger partial charge in [0.2, 0.25) is 0 Å². The molecule has 2 unspecified atom stereocenters. The van der Waals surface area contributed by atoms with Crippen LogP contribution in [0, 0.1) is 0 Å². The Morgan fingerprint density at radius 2 is 2.11 bits per heavy atom. The van der Waals surface area contributed by atoms with Crippen molar-refractivity contribution in [2.45, 2.75) is 37.9 Å². The van der Waals surface area contributed by atoms with E-state index in [4.69, 9.17) is 10.5 Å². The van der Waals surface area contributed by atoms with Crippen molar-refractivity contribution in [1.82, 2.24) is 4.90 Å². The number of nitrogens with zero attached hydrogens (tertiary/aromatic N) is 1. The zero-order valence-corrected chi connectivity index (χ0v) is 11.2. The molecule has 0 aromatic heterocycles. The molecule has 18 heavy (non-hydrogen) atoms. The van der Waals surface area contributed by atoms with E-state index in [-0.39, 0.29) is 11.6 Å². The molecule has 1 aromatic carbocycles. The summed E-state index contributed by atoms with van der Waals surface area (Å²) in [6.45, 7) is 7.11. The van der Waals surface area contributed by atoms with Crippen molar-refractivity contribution in [2.75, 3.05) is 19.8 Å². The van der Waals surface area contributed by atoms with E-state index in [1.807, 2.05) is 0 Å². The normalized spacial score (nSPS) is 31.3. The van der Waals surface area contributed by atoms with Crippen LogP contribution in [0.3, 0.4) is 0 Å². The van der Waals surface area contributed by atoms with Gasteiger partial charge in [-0.15, -0.1) is 0 Å². The average Bonchev–Trinajstić information content (AvgIpc) is 2.67. The standard InChI is InChI=1S/C15H22N2O/c1-15(2)10-18-8-7-17(15)13-9-11-5-3-4-6-12(11)14(13)16/h3-6,13-14H,7-10,16H2,1-2H3. The second kappa shape index (κ2) is 4.34. The summed E-state index contributed by atoms with van der Waals surface area (Å²) in [5.41, 5.74) is 9.28. The van der Waals surface area contributed by atoms with Gasteiger partial charge >= 0.3 is 0 Å². The van der Waals surface area contributed by atoms with Gasteiger partial charge in [0.25, 0.3) is 0 Å². The average molecular weight is 246 g/mol. The molecule has 0 radical (unpaired) electrons. The van der Waals surface area contributed by atoms with Gasteiger partial charge in [0.15, 0.2) is 0 Å². The minimum atomic E-state index is 0.0859. The largest absolute Gasteiger partial charge is 0.378 e. The SMILES string of the molecule is CC1(C)COCCN1C1Cc2ccccc2C1N. The predicted molar refractivity (Wildman–Crippen MR) is 72.5 cm³/mol. The van der Waals surface area contributed by atoms with Crippen molar-refractivity contribution in [1.29, 1.82) is 0 Å². The van der Waals surface area contributed by atoms with E-state index >= 15 is 0 Å². The molecule has 0 saturated carbocycles. The number of rotatable bonds is 1. The van der Waals surface area contributed by atoms with Gasteiger partial charge < -0.3 is 10.5 Å². The minimum Gasteiger partial charge on any atom is -0.378 e. The molecule has 3 rings (SSSR count). The summed E-state index contributed by atoms with van der Waals surface area (Å²) in [7, 11) is 0. The zero-order chi connectivity index (χ0) is 12.8. The number of ether oxygens (including phenoxy) is 1. The van der Waals surface area contributed by atoms with Gasteiger partial charge in [0.1, 0.15) is 0 Å². The predicted octanol–water partition coefficient (Wildman–Crippen LogP) is 1.72. The first-order valence-corrected chi connectivity index (χ1v) is 6.77. The number of fused-ring (bicyclic) bond motifs is 1. The monoisotopic (exact) mass is 246 g/mol. The molecule has 2 atom stereocenters. The van der Waals surface area contributed by atoms with Crippen molar-refractivity contribution in [3.05, 3.63) is 35.4 Å². The molecule has 1 aromatic rings. The number of nitrogens with two attached hydrogens (primary N) is 1. The van der Waals surface area contributed by atoms with Crippen LogP contribution in [0.2, 0.25) is 0 Å². The molecule has 2 aliphatic rings. The smallest absolute Gasteiger partial charge is 0.0645 e. The molecule has 0 spiro atoms. The molecule has 0 amide bonds. The first-order chi connectivity index (χ1) is 8.59. The van der Waals surface area contributed by atoms with Crippen LogP contribution in [-0.4, -0.2) is 36.2 Å². The fourth-order valence-electron chi connectivity index (χ4n) is 3.39. The quantitative estimate of drug-likeness (QED) is 0.820. The maximum atomic E-state index is 6.46. The molecule has 3 nitrogen and oxygen atoms in total. The molecule has 1 heterocycles. The molecular formula is C15H22N2O. The third-order valence-electron chi connectivity index (χ3n) is 4.37. The Kier molecular flexibility index (Phi) is 2.93. The molecule has 2 N–H and O–H groups in total. The molecule has 1 fully saturated rings. The van der Waals surface area contributed by atoms with Crippen LogP contribution in [0.1, 0.15) is 31.0 Å². The summed E-state index contributed by atoms with van der Waals surface area (Å²) in [4.78, 5) is 2.54. The van der Waals surface area contributed by atoms with Gasteiger partial charge in [0, 0.05) is 24.2 Å². The van der Waals surface area contributed by atoms with Crippen molar-refractivity contribution >= 4 is 0 Å². The highest BCUT2D eigenvalue weighted by atomic mass is 16.5. The summed E-state index contributed by atoms with van der Waals surface area (Å²) in [5, 5.41) is 0. The van der Waals surface area contributed by atoms with Crippen LogP contribution in [0.15, 0.2) is 24.3 Å². The highest BCUT2D eigenvalue weighted by molar-refractivity contribution is 5.37. The number of benzene rings is 1. The Balaban J connectivity index is 1.87. The van der Waals surface area contributed by atoms with Crippen LogP contribution in [0.25, 0.3) is 0 Å². The van der Waals surface area contributed by atoms with Gasteiger partial charge in [-0.05, 0) is 31.4 Å². The summed E-state index contributed by atoms with van der Waals surface area (Å²) < 4.78 is 5.60. The lowest BCUT2D eigenvalue weighted by atomic mass is 9.96. The molecule has 3 heteroatoms. The van der Waals surface area contributed by atoms with Crippen LogP contribution < -0.4 is 5.73 Å². The summed E-state index contributed by atoms with van der Waals surface area (Å²) in [5.74, 6) is 0. The Labute approximate surface area is 109 Å². The highest BCUT2D eigenvalue weighted by Gasteiger charge is 2.41. The van der Waals surface area contributed by atoms with Gasteiger partial charge in [0.05, 0.1) is 13.2 Å². The van der Waals surface area contributed by atoms with E-state index in [1.54, 1.807) is 0 Å². The third kappa shape index (κ3) is 1.87.